The van der Waals surface area contributed by atoms with E-state index in [0.29, 0.717) is 54.9 Å². The lowest BCUT2D eigenvalue weighted by Gasteiger charge is -2.72. The van der Waals surface area contributed by atoms with Crippen LogP contribution >= 0.6 is 0 Å². The van der Waals surface area contributed by atoms with E-state index in [1.54, 1.807) is 0 Å². The number of nitrogens with one attached hydrogen (secondary N) is 2. The summed E-state index contributed by atoms with van der Waals surface area (Å²) in [5.41, 5.74) is 1.65. The van der Waals surface area contributed by atoms with E-state index in [9.17, 15) is 19.5 Å². The highest BCUT2D eigenvalue weighted by molar-refractivity contribution is 5.84. The van der Waals surface area contributed by atoms with Crippen LogP contribution in [0.25, 0.3) is 0 Å². The number of unbranched alkanes of at least 4 members (excludes halogenated alkanes) is 4. The predicted octanol–water partition coefficient (Wildman–Crippen LogP) is 8.44. The maximum absolute atomic E-state index is 14.4. The molecule has 1 unspecified atom stereocenters. The Morgan fingerprint density at radius 3 is 2.12 bits per heavy atom. The molecule has 0 aromatic carbocycles. The van der Waals surface area contributed by atoms with Crippen LogP contribution in [0.3, 0.4) is 0 Å². The minimum Gasteiger partial charge on any atom is -0.481 e. The number of rotatable bonds is 14. The Morgan fingerprint density at radius 2 is 1.41 bits per heavy atom. The molecule has 5 aliphatic carbocycles. The molecule has 0 aromatic rings. The number of aliphatic hydroxyl groups is 1. The number of hydrogen-bond acceptors (Lipinski definition) is 4. The van der Waals surface area contributed by atoms with Crippen molar-refractivity contribution in [3.05, 3.63) is 12.2 Å². The van der Waals surface area contributed by atoms with Gasteiger partial charge in [-0.05, 0) is 142 Å². The second kappa shape index (κ2) is 14.6. The van der Waals surface area contributed by atoms with Crippen LogP contribution in [0.4, 0.5) is 0 Å². The van der Waals surface area contributed by atoms with Crippen molar-refractivity contribution < 1.29 is 24.6 Å². The first-order valence-corrected chi connectivity index (χ1v) is 20.1. The van der Waals surface area contributed by atoms with Gasteiger partial charge in [0.25, 0.3) is 0 Å². The van der Waals surface area contributed by atoms with Gasteiger partial charge >= 0.3 is 5.97 Å². The normalized spacial score (nSPS) is 40.6. The number of fused-ring (bicyclic) bond motifs is 7. The first-order valence-electron chi connectivity index (χ1n) is 20.1. The molecule has 278 valence electrons. The zero-order valence-electron chi connectivity index (χ0n) is 31.9. The molecule has 5 saturated carbocycles. The Balaban J connectivity index is 1.18. The number of amides is 2. The third-order valence-electron chi connectivity index (χ3n) is 16.3. The largest absolute Gasteiger partial charge is 0.481 e. The third-order valence-corrected chi connectivity index (χ3v) is 16.3. The fourth-order valence-corrected chi connectivity index (χ4v) is 13.4. The number of allylic oxidation sites excluding steroid dienone is 1. The van der Waals surface area contributed by atoms with Crippen LogP contribution in [0, 0.1) is 56.7 Å². The smallest absolute Gasteiger partial charge is 0.303 e. The molecular weight excluding hydrogens is 612 g/mol. The van der Waals surface area contributed by atoms with Gasteiger partial charge < -0.3 is 20.8 Å². The van der Waals surface area contributed by atoms with E-state index in [1.807, 2.05) is 0 Å². The second-order valence-corrected chi connectivity index (χ2v) is 18.8. The quantitative estimate of drug-likeness (QED) is 0.108. The lowest BCUT2D eigenvalue weighted by atomic mass is 9.32. The van der Waals surface area contributed by atoms with Gasteiger partial charge in [-0.3, -0.25) is 14.4 Å². The highest BCUT2D eigenvalue weighted by atomic mass is 16.4. The number of hydrogen-bond donors (Lipinski definition) is 4. The fraction of sp³-hybridized carbons (Fsp3) is 0.881. The molecule has 0 aliphatic heterocycles. The minimum atomic E-state index is -0.832. The molecule has 10 atom stereocenters. The summed E-state index contributed by atoms with van der Waals surface area (Å²) in [4.78, 5) is 37.0. The van der Waals surface area contributed by atoms with Crippen molar-refractivity contribution in [2.75, 3.05) is 13.1 Å². The molecule has 5 fully saturated rings. The Bertz CT molecular complexity index is 1250. The van der Waals surface area contributed by atoms with Crippen LogP contribution in [0.2, 0.25) is 0 Å². The van der Waals surface area contributed by atoms with Crippen molar-refractivity contribution in [1.82, 2.24) is 10.6 Å². The Morgan fingerprint density at radius 1 is 0.714 bits per heavy atom. The minimum absolute atomic E-state index is 0.00167. The first kappa shape index (κ1) is 38.3. The molecule has 0 radical (unpaired) electrons. The van der Waals surface area contributed by atoms with Gasteiger partial charge in [0.15, 0.2) is 0 Å². The summed E-state index contributed by atoms with van der Waals surface area (Å²) >= 11 is 0. The standard InChI is InChI=1S/C42H70N2O5/c1-28(2)29-18-23-42(37(49)44-26-12-10-8-9-11-14-34(46)43-27-13-15-35(47)48)25-24-40(6)30(36(29)42)16-17-32-39(5)21-20-33(45)38(3,4)31(39)19-22-41(32,40)7/h29-33,36,45H,1,8-27H2,2-7H3,(H,43,46)(H,44,49)(H,47,48)/t29-,30+,31-,32?,33-,36+,39-,40+,41+,42-/m0/s1. The molecule has 2 amide bonds. The summed E-state index contributed by atoms with van der Waals surface area (Å²) in [5, 5.41) is 26.0. The van der Waals surface area contributed by atoms with Gasteiger partial charge in [-0.25, -0.2) is 0 Å². The maximum Gasteiger partial charge on any atom is 0.303 e. The zero-order valence-corrected chi connectivity index (χ0v) is 31.9. The summed E-state index contributed by atoms with van der Waals surface area (Å²) in [6, 6.07) is 0. The topological polar surface area (TPSA) is 116 Å². The zero-order chi connectivity index (χ0) is 35.8. The fourth-order valence-electron chi connectivity index (χ4n) is 13.4. The van der Waals surface area contributed by atoms with Crippen molar-refractivity contribution in [2.24, 2.45) is 56.7 Å². The number of carbonyl (C=O) groups is 3. The molecule has 49 heavy (non-hydrogen) atoms. The van der Waals surface area contributed by atoms with E-state index in [1.165, 1.54) is 31.3 Å². The maximum atomic E-state index is 14.4. The van der Waals surface area contributed by atoms with Crippen LogP contribution in [0.1, 0.15) is 157 Å². The molecule has 0 heterocycles. The Kier molecular flexibility index (Phi) is 11.4. The molecule has 0 saturated heterocycles. The molecule has 5 rings (SSSR count). The van der Waals surface area contributed by atoms with Gasteiger partial charge in [0, 0.05) is 25.9 Å². The summed E-state index contributed by atoms with van der Waals surface area (Å²) in [7, 11) is 0. The summed E-state index contributed by atoms with van der Waals surface area (Å²) in [5.74, 6) is 2.01. The van der Waals surface area contributed by atoms with Gasteiger partial charge in [-0.1, -0.05) is 66.0 Å². The van der Waals surface area contributed by atoms with Crippen LogP contribution in [-0.4, -0.2) is 47.2 Å². The van der Waals surface area contributed by atoms with E-state index in [0.717, 1.165) is 77.2 Å². The van der Waals surface area contributed by atoms with Crippen molar-refractivity contribution >= 4 is 17.8 Å². The van der Waals surface area contributed by atoms with E-state index in [4.69, 9.17) is 5.11 Å². The Hall–Kier alpha value is -1.89. The number of carboxylic acid groups (broad SMARTS) is 1. The van der Waals surface area contributed by atoms with Gasteiger partial charge in [0.2, 0.25) is 11.8 Å². The first-order chi connectivity index (χ1) is 23.0. The van der Waals surface area contributed by atoms with Crippen molar-refractivity contribution in [1.29, 1.82) is 0 Å². The molecule has 7 heteroatoms. The van der Waals surface area contributed by atoms with Crippen LogP contribution in [0.5, 0.6) is 0 Å². The highest BCUT2D eigenvalue weighted by Gasteiger charge is 2.71. The number of carbonyl (C=O) groups excluding carboxylic acids is 2. The van der Waals surface area contributed by atoms with Crippen LogP contribution in [0.15, 0.2) is 12.2 Å². The lowest BCUT2D eigenvalue weighted by Crippen LogP contribution is -2.67. The lowest BCUT2D eigenvalue weighted by molar-refractivity contribution is -0.246. The van der Waals surface area contributed by atoms with Crippen LogP contribution in [-0.2, 0) is 14.4 Å². The molecular formula is C42H70N2O5. The molecule has 0 aromatic heterocycles. The van der Waals surface area contributed by atoms with Crippen LogP contribution < -0.4 is 10.6 Å². The van der Waals surface area contributed by atoms with E-state index < -0.39 is 5.97 Å². The van der Waals surface area contributed by atoms with Gasteiger partial charge in [-0.15, -0.1) is 0 Å². The SMILES string of the molecule is C=C(C)[C@@H]1CC[C@]2(C(=O)NCCCCCCCC(=O)NCCCC(=O)O)CC[C@]3(C)[C@H](CCC4[C@@]5(C)CC[C@H](O)C(C)(C)[C@@H]5CC[C@]43C)[C@@H]12. The average molecular weight is 683 g/mol. The second-order valence-electron chi connectivity index (χ2n) is 18.8. The average Bonchev–Trinajstić information content (AvgIpc) is 3.44. The van der Waals surface area contributed by atoms with Crippen molar-refractivity contribution in [3.63, 3.8) is 0 Å². The van der Waals surface area contributed by atoms with E-state index in [2.05, 4.69) is 58.8 Å². The summed E-state index contributed by atoms with van der Waals surface area (Å²) in [6.07, 6.45) is 16.9. The predicted molar refractivity (Wildman–Crippen MR) is 196 cm³/mol. The van der Waals surface area contributed by atoms with Gasteiger partial charge in [0.05, 0.1) is 11.5 Å². The number of aliphatic carboxylic acids is 1. The van der Waals surface area contributed by atoms with Crippen molar-refractivity contribution in [3.8, 4) is 0 Å². The highest BCUT2D eigenvalue weighted by Crippen LogP contribution is 2.77. The third kappa shape index (κ3) is 6.77. The number of aliphatic hydroxyl groups excluding tert-OH is 1. The Labute approximate surface area is 297 Å². The van der Waals surface area contributed by atoms with E-state index in [-0.39, 0.29) is 45.5 Å². The van der Waals surface area contributed by atoms with Gasteiger partial charge in [0.1, 0.15) is 0 Å². The van der Waals surface area contributed by atoms with E-state index >= 15 is 0 Å². The molecule has 0 bridgehead atoms. The molecule has 5 aliphatic rings. The molecule has 4 N–H and O–H groups in total. The monoisotopic (exact) mass is 683 g/mol. The molecule has 7 nitrogen and oxygen atoms in total. The summed E-state index contributed by atoms with van der Waals surface area (Å²) < 4.78 is 0. The summed E-state index contributed by atoms with van der Waals surface area (Å²) in [6.45, 7) is 20.4. The number of carboxylic acids is 1. The molecule has 0 spiro atoms. The van der Waals surface area contributed by atoms with Crippen molar-refractivity contribution in [2.45, 2.75) is 163 Å². The van der Waals surface area contributed by atoms with Gasteiger partial charge in [-0.2, -0.15) is 0 Å².